The van der Waals surface area contributed by atoms with E-state index in [2.05, 4.69) is 0 Å². The molecule has 3 aromatic carbocycles. The average Bonchev–Trinajstić information content (AvgIpc) is 2.82. The lowest BCUT2D eigenvalue weighted by Crippen LogP contribution is -2.32. The first-order chi connectivity index (χ1) is 15.5. The number of hydrogen-bond acceptors (Lipinski definition) is 5. The van der Waals surface area contributed by atoms with Gasteiger partial charge in [-0.15, -0.1) is 0 Å². The molecule has 0 spiro atoms. The van der Waals surface area contributed by atoms with E-state index in [1.807, 2.05) is 42.5 Å². The lowest BCUT2D eigenvalue weighted by molar-refractivity contribution is -0.385. The van der Waals surface area contributed by atoms with Gasteiger partial charge in [-0.2, -0.15) is 0 Å². The van der Waals surface area contributed by atoms with Gasteiger partial charge in [0.2, 0.25) is 0 Å². The number of ether oxygens (including phenoxy) is 2. The minimum absolute atomic E-state index is 0.0854. The van der Waals surface area contributed by atoms with Crippen molar-refractivity contribution >= 4 is 23.4 Å². The molecule has 1 amide bonds. The SMILES string of the molecule is Cc1c(C(=O)N(CC=Cc2ccccc2)c2ccc3c(c2)OCCO3)cccc1[N+](=O)[O-]. The zero-order valence-corrected chi connectivity index (χ0v) is 17.6. The summed E-state index contributed by atoms with van der Waals surface area (Å²) in [5.41, 5.74) is 2.15. The second-order valence-electron chi connectivity index (χ2n) is 7.26. The number of benzene rings is 3. The zero-order valence-electron chi connectivity index (χ0n) is 17.6. The highest BCUT2D eigenvalue weighted by Gasteiger charge is 2.24. The highest BCUT2D eigenvalue weighted by atomic mass is 16.6. The van der Waals surface area contributed by atoms with Crippen LogP contribution in [-0.2, 0) is 0 Å². The number of amides is 1. The molecule has 0 atom stereocenters. The summed E-state index contributed by atoms with van der Waals surface area (Å²) in [5, 5.41) is 11.4. The molecule has 0 saturated carbocycles. The number of hydrogen-bond donors (Lipinski definition) is 0. The molecule has 32 heavy (non-hydrogen) atoms. The monoisotopic (exact) mass is 430 g/mol. The number of carbonyl (C=O) groups excluding carboxylic acids is 1. The molecule has 0 bridgehead atoms. The quantitative estimate of drug-likeness (QED) is 0.404. The molecule has 7 heteroatoms. The Balaban J connectivity index is 1.70. The molecule has 1 aliphatic heterocycles. The molecule has 0 radical (unpaired) electrons. The summed E-state index contributed by atoms with van der Waals surface area (Å²) in [6.45, 7) is 2.77. The van der Waals surface area contributed by atoms with Crippen molar-refractivity contribution in [1.82, 2.24) is 0 Å². The van der Waals surface area contributed by atoms with Crippen LogP contribution in [0.15, 0.2) is 72.8 Å². The van der Waals surface area contributed by atoms with E-state index in [-0.39, 0.29) is 23.7 Å². The van der Waals surface area contributed by atoms with Gasteiger partial charge in [0, 0.05) is 35.5 Å². The fraction of sp³-hybridized carbons (Fsp3) is 0.160. The van der Waals surface area contributed by atoms with Gasteiger partial charge < -0.3 is 14.4 Å². The molecule has 1 heterocycles. The molecular formula is C25H22N2O5. The van der Waals surface area contributed by atoms with E-state index in [9.17, 15) is 14.9 Å². The van der Waals surface area contributed by atoms with Crippen molar-refractivity contribution < 1.29 is 19.2 Å². The Labute approximate surface area is 185 Å². The molecule has 0 fully saturated rings. The summed E-state index contributed by atoms with van der Waals surface area (Å²) < 4.78 is 11.3. The Bertz CT molecular complexity index is 1170. The van der Waals surface area contributed by atoms with Crippen molar-refractivity contribution in [2.75, 3.05) is 24.7 Å². The standard InChI is InChI=1S/C25H22N2O5/c1-18-21(10-5-11-22(18)27(29)30)25(28)26(14-6-9-19-7-3-2-4-8-19)20-12-13-23-24(17-20)32-16-15-31-23/h2-13,17H,14-16H2,1H3. The Kier molecular flexibility index (Phi) is 6.17. The summed E-state index contributed by atoms with van der Waals surface area (Å²) in [6.07, 6.45) is 3.81. The highest BCUT2D eigenvalue weighted by Crippen LogP contribution is 2.35. The summed E-state index contributed by atoms with van der Waals surface area (Å²) >= 11 is 0. The average molecular weight is 430 g/mol. The van der Waals surface area contributed by atoms with E-state index in [4.69, 9.17) is 9.47 Å². The Morgan fingerprint density at radius 1 is 1.03 bits per heavy atom. The van der Waals surface area contributed by atoms with E-state index < -0.39 is 4.92 Å². The van der Waals surface area contributed by atoms with Crippen molar-refractivity contribution in [3.63, 3.8) is 0 Å². The van der Waals surface area contributed by atoms with Crippen LogP contribution in [0, 0.1) is 17.0 Å². The van der Waals surface area contributed by atoms with Crippen LogP contribution in [0.1, 0.15) is 21.5 Å². The molecule has 4 rings (SSSR count). The van der Waals surface area contributed by atoms with Gasteiger partial charge in [-0.3, -0.25) is 14.9 Å². The first-order valence-electron chi connectivity index (χ1n) is 10.2. The van der Waals surface area contributed by atoms with Gasteiger partial charge in [0.05, 0.1) is 4.92 Å². The second kappa shape index (κ2) is 9.34. The Hall–Kier alpha value is -4.13. The Morgan fingerprint density at radius 3 is 2.53 bits per heavy atom. The van der Waals surface area contributed by atoms with Gasteiger partial charge >= 0.3 is 0 Å². The predicted molar refractivity (Wildman–Crippen MR) is 122 cm³/mol. The summed E-state index contributed by atoms with van der Waals surface area (Å²) in [6, 6.07) is 19.6. The summed E-state index contributed by atoms with van der Waals surface area (Å²) in [5.74, 6) is 0.855. The minimum atomic E-state index is -0.476. The number of rotatable bonds is 6. The molecule has 0 N–H and O–H groups in total. The molecule has 0 saturated heterocycles. The third-order valence-corrected chi connectivity index (χ3v) is 5.21. The molecule has 3 aromatic rings. The van der Waals surface area contributed by atoms with E-state index in [1.54, 1.807) is 36.1 Å². The van der Waals surface area contributed by atoms with Crippen molar-refractivity contribution in [2.24, 2.45) is 0 Å². The number of anilines is 1. The van der Waals surface area contributed by atoms with Crippen molar-refractivity contribution in [1.29, 1.82) is 0 Å². The molecule has 162 valence electrons. The van der Waals surface area contributed by atoms with E-state index >= 15 is 0 Å². The number of nitrogens with zero attached hydrogens (tertiary/aromatic N) is 2. The van der Waals surface area contributed by atoms with Crippen LogP contribution < -0.4 is 14.4 Å². The maximum Gasteiger partial charge on any atom is 0.273 e. The second-order valence-corrected chi connectivity index (χ2v) is 7.26. The topological polar surface area (TPSA) is 81.9 Å². The van der Waals surface area contributed by atoms with Gasteiger partial charge in [0.1, 0.15) is 13.2 Å². The third-order valence-electron chi connectivity index (χ3n) is 5.21. The molecule has 0 unspecified atom stereocenters. The van der Waals surface area contributed by atoms with Crippen LogP contribution in [0.4, 0.5) is 11.4 Å². The smallest absolute Gasteiger partial charge is 0.273 e. The van der Waals surface area contributed by atoms with Crippen molar-refractivity contribution in [3.8, 4) is 11.5 Å². The lowest BCUT2D eigenvalue weighted by Gasteiger charge is -2.25. The molecule has 1 aliphatic rings. The number of carbonyl (C=O) groups is 1. The lowest BCUT2D eigenvalue weighted by atomic mass is 10.0. The number of fused-ring (bicyclic) bond motifs is 1. The van der Waals surface area contributed by atoms with Gasteiger partial charge in [0.15, 0.2) is 11.5 Å². The largest absolute Gasteiger partial charge is 0.486 e. The van der Waals surface area contributed by atoms with Crippen LogP contribution in [0.25, 0.3) is 6.08 Å². The van der Waals surface area contributed by atoms with E-state index in [0.717, 1.165) is 5.56 Å². The zero-order chi connectivity index (χ0) is 22.5. The van der Waals surface area contributed by atoms with Crippen molar-refractivity contribution in [3.05, 3.63) is 99.6 Å². The Morgan fingerprint density at radius 2 is 1.78 bits per heavy atom. The van der Waals surface area contributed by atoms with Crippen LogP contribution in [0.3, 0.4) is 0 Å². The first-order valence-corrected chi connectivity index (χ1v) is 10.2. The van der Waals surface area contributed by atoms with Gasteiger partial charge in [-0.05, 0) is 30.7 Å². The van der Waals surface area contributed by atoms with Gasteiger partial charge in [-0.1, -0.05) is 48.6 Å². The van der Waals surface area contributed by atoms with Gasteiger partial charge in [-0.25, -0.2) is 0 Å². The van der Waals surface area contributed by atoms with E-state index in [0.29, 0.717) is 36.0 Å². The van der Waals surface area contributed by atoms with Gasteiger partial charge in [0.25, 0.3) is 11.6 Å². The molecule has 0 aromatic heterocycles. The summed E-state index contributed by atoms with van der Waals surface area (Å²) in [7, 11) is 0. The van der Waals surface area contributed by atoms with Crippen LogP contribution in [0.5, 0.6) is 11.5 Å². The molecular weight excluding hydrogens is 408 g/mol. The summed E-state index contributed by atoms with van der Waals surface area (Å²) in [4.78, 5) is 26.0. The van der Waals surface area contributed by atoms with Crippen LogP contribution in [-0.4, -0.2) is 30.6 Å². The maximum atomic E-state index is 13.5. The minimum Gasteiger partial charge on any atom is -0.486 e. The maximum absolute atomic E-state index is 13.5. The fourth-order valence-electron chi connectivity index (χ4n) is 3.56. The van der Waals surface area contributed by atoms with Crippen molar-refractivity contribution in [2.45, 2.75) is 6.92 Å². The molecule has 7 nitrogen and oxygen atoms in total. The highest BCUT2D eigenvalue weighted by molar-refractivity contribution is 6.08. The molecule has 0 aliphatic carbocycles. The van der Waals surface area contributed by atoms with E-state index in [1.165, 1.54) is 12.1 Å². The normalized spacial score (nSPS) is 12.5. The number of nitro groups is 1. The third kappa shape index (κ3) is 4.46. The number of nitro benzene ring substituents is 1. The first kappa shape index (κ1) is 21.1. The predicted octanol–water partition coefficient (Wildman–Crippen LogP) is 5.03. The van der Waals surface area contributed by atoms with Crippen LogP contribution >= 0.6 is 0 Å². The fourth-order valence-corrected chi connectivity index (χ4v) is 3.56. The van der Waals surface area contributed by atoms with Crippen LogP contribution in [0.2, 0.25) is 0 Å².